The lowest BCUT2D eigenvalue weighted by atomic mass is 10.0. The highest BCUT2D eigenvalue weighted by molar-refractivity contribution is 7.10. The first-order chi connectivity index (χ1) is 8.83. The summed E-state index contributed by atoms with van der Waals surface area (Å²) in [5.41, 5.74) is 7.65. The van der Waals surface area contributed by atoms with Crippen LogP contribution < -0.4 is 5.73 Å². The third kappa shape index (κ3) is 2.48. The van der Waals surface area contributed by atoms with Crippen LogP contribution in [0.25, 0.3) is 0 Å². The van der Waals surface area contributed by atoms with Gasteiger partial charge >= 0.3 is 0 Å². The van der Waals surface area contributed by atoms with Gasteiger partial charge in [0.25, 0.3) is 0 Å². The number of hydrogen-bond acceptors (Lipinski definition) is 3. The van der Waals surface area contributed by atoms with Crippen LogP contribution in [0.4, 0.5) is 0 Å². The van der Waals surface area contributed by atoms with Gasteiger partial charge in [-0.25, -0.2) is 0 Å². The molecule has 2 aromatic rings. The summed E-state index contributed by atoms with van der Waals surface area (Å²) < 4.78 is 0. The van der Waals surface area contributed by atoms with E-state index in [4.69, 9.17) is 5.73 Å². The zero-order valence-corrected chi connectivity index (χ0v) is 11.1. The van der Waals surface area contributed by atoms with Crippen LogP contribution in [-0.2, 0) is 6.54 Å². The molecule has 1 aromatic heterocycles. The van der Waals surface area contributed by atoms with E-state index in [0.29, 0.717) is 5.92 Å². The highest BCUT2D eigenvalue weighted by Gasteiger charge is 2.31. The number of hydrogen-bond donors (Lipinski definition) is 1. The highest BCUT2D eigenvalue weighted by atomic mass is 32.1. The minimum absolute atomic E-state index is 0.271. The summed E-state index contributed by atoms with van der Waals surface area (Å²) in [6.45, 7) is 3.09. The van der Waals surface area contributed by atoms with Crippen molar-refractivity contribution in [3.63, 3.8) is 0 Å². The molecule has 2 nitrogen and oxygen atoms in total. The number of nitrogens with two attached hydrogens (primary N) is 1. The zero-order chi connectivity index (χ0) is 12.4. The first-order valence-corrected chi connectivity index (χ1v) is 7.26. The van der Waals surface area contributed by atoms with E-state index >= 15 is 0 Å². The maximum atomic E-state index is 6.28. The van der Waals surface area contributed by atoms with Crippen LogP contribution in [0.3, 0.4) is 0 Å². The molecule has 1 aliphatic rings. The summed E-state index contributed by atoms with van der Waals surface area (Å²) in [5.74, 6) is 0.508. The Bertz CT molecular complexity index is 480. The molecule has 2 unspecified atom stereocenters. The Hall–Kier alpha value is -1.16. The Balaban J connectivity index is 1.67. The normalized spacial score (nSPS) is 24.5. The minimum Gasteiger partial charge on any atom is -0.326 e. The van der Waals surface area contributed by atoms with Crippen LogP contribution in [0.1, 0.15) is 16.4 Å². The van der Waals surface area contributed by atoms with Gasteiger partial charge in [0.1, 0.15) is 0 Å². The molecule has 0 spiro atoms. The van der Waals surface area contributed by atoms with Crippen LogP contribution in [-0.4, -0.2) is 24.0 Å². The molecule has 18 heavy (non-hydrogen) atoms. The molecule has 0 saturated carbocycles. The van der Waals surface area contributed by atoms with Crippen LogP contribution in [0.2, 0.25) is 0 Å². The van der Waals surface area contributed by atoms with Crippen molar-refractivity contribution in [2.45, 2.75) is 18.5 Å². The number of likely N-dealkylation sites (tertiary alicyclic amines) is 1. The monoisotopic (exact) mass is 258 g/mol. The van der Waals surface area contributed by atoms with Gasteiger partial charge < -0.3 is 5.73 Å². The second kappa shape index (κ2) is 5.22. The molecule has 2 atom stereocenters. The lowest BCUT2D eigenvalue weighted by Gasteiger charge is -2.15. The first-order valence-electron chi connectivity index (χ1n) is 6.38. The second-order valence-corrected chi connectivity index (χ2v) is 5.94. The Morgan fingerprint density at radius 2 is 1.94 bits per heavy atom. The maximum Gasteiger partial charge on any atom is 0.0258 e. The van der Waals surface area contributed by atoms with E-state index in [0.717, 1.165) is 19.6 Å². The van der Waals surface area contributed by atoms with Gasteiger partial charge in [0, 0.05) is 36.5 Å². The third-order valence-corrected chi connectivity index (χ3v) is 4.60. The molecule has 1 saturated heterocycles. The molecule has 2 heterocycles. The molecule has 0 radical (unpaired) electrons. The van der Waals surface area contributed by atoms with Crippen LogP contribution in [0, 0.1) is 0 Å². The quantitative estimate of drug-likeness (QED) is 0.917. The van der Waals surface area contributed by atoms with Gasteiger partial charge in [-0.3, -0.25) is 4.90 Å². The average Bonchev–Trinajstić information content (AvgIpc) is 3.00. The number of benzene rings is 1. The third-order valence-electron chi connectivity index (χ3n) is 3.60. The van der Waals surface area contributed by atoms with Crippen LogP contribution in [0.5, 0.6) is 0 Å². The van der Waals surface area contributed by atoms with Crippen molar-refractivity contribution in [2.75, 3.05) is 13.1 Å². The maximum absolute atomic E-state index is 6.28. The van der Waals surface area contributed by atoms with Gasteiger partial charge in [-0.1, -0.05) is 36.4 Å². The zero-order valence-electron chi connectivity index (χ0n) is 10.3. The largest absolute Gasteiger partial charge is 0.326 e. The fourth-order valence-corrected chi connectivity index (χ4v) is 3.58. The van der Waals surface area contributed by atoms with Gasteiger partial charge in [-0.05, 0) is 17.0 Å². The van der Waals surface area contributed by atoms with Gasteiger partial charge in [-0.15, -0.1) is 11.3 Å². The summed E-state index contributed by atoms with van der Waals surface area (Å²) in [6, 6.07) is 15.2. The van der Waals surface area contributed by atoms with Crippen molar-refractivity contribution in [3.05, 3.63) is 58.3 Å². The Kier molecular flexibility index (Phi) is 3.46. The topological polar surface area (TPSA) is 29.3 Å². The fourth-order valence-electron chi connectivity index (χ4n) is 2.69. The summed E-state index contributed by atoms with van der Waals surface area (Å²) >= 11 is 1.83. The number of rotatable bonds is 3. The van der Waals surface area contributed by atoms with Crippen molar-refractivity contribution in [1.82, 2.24) is 4.90 Å². The summed E-state index contributed by atoms with van der Waals surface area (Å²) in [5, 5.41) is 2.14. The number of nitrogens with zero attached hydrogens (tertiary/aromatic N) is 1. The Labute approximate surface area is 112 Å². The van der Waals surface area contributed by atoms with E-state index in [2.05, 4.69) is 52.7 Å². The van der Waals surface area contributed by atoms with E-state index in [-0.39, 0.29) is 6.04 Å². The smallest absolute Gasteiger partial charge is 0.0258 e. The summed E-state index contributed by atoms with van der Waals surface area (Å²) in [7, 11) is 0. The molecular formula is C15H18N2S. The van der Waals surface area contributed by atoms with Crippen molar-refractivity contribution in [2.24, 2.45) is 5.73 Å². The van der Waals surface area contributed by atoms with Crippen LogP contribution in [0.15, 0.2) is 47.8 Å². The first kappa shape index (κ1) is 11.9. The van der Waals surface area contributed by atoms with Gasteiger partial charge in [-0.2, -0.15) is 0 Å². The molecule has 3 rings (SSSR count). The van der Waals surface area contributed by atoms with E-state index in [1.165, 1.54) is 10.4 Å². The summed E-state index contributed by atoms with van der Waals surface area (Å²) in [4.78, 5) is 3.89. The number of thiophene rings is 1. The molecule has 1 fully saturated rings. The van der Waals surface area contributed by atoms with Gasteiger partial charge in [0.2, 0.25) is 0 Å². The van der Waals surface area contributed by atoms with Crippen molar-refractivity contribution in [3.8, 4) is 0 Å². The predicted octanol–water partition coefficient (Wildman–Crippen LogP) is 2.67. The highest BCUT2D eigenvalue weighted by Crippen LogP contribution is 2.30. The second-order valence-electron chi connectivity index (χ2n) is 4.97. The van der Waals surface area contributed by atoms with Crippen LogP contribution >= 0.6 is 11.3 Å². The van der Waals surface area contributed by atoms with Gasteiger partial charge in [0.15, 0.2) is 0 Å². The van der Waals surface area contributed by atoms with Crippen molar-refractivity contribution >= 4 is 11.3 Å². The van der Waals surface area contributed by atoms with Gasteiger partial charge in [0.05, 0.1) is 0 Å². The Morgan fingerprint density at radius 1 is 1.11 bits per heavy atom. The molecular weight excluding hydrogens is 240 g/mol. The van der Waals surface area contributed by atoms with E-state index < -0.39 is 0 Å². The van der Waals surface area contributed by atoms with Crippen molar-refractivity contribution < 1.29 is 0 Å². The summed E-state index contributed by atoms with van der Waals surface area (Å²) in [6.07, 6.45) is 0. The van der Waals surface area contributed by atoms with Crippen molar-refractivity contribution in [1.29, 1.82) is 0 Å². The lowest BCUT2D eigenvalue weighted by Crippen LogP contribution is -2.28. The predicted molar refractivity (Wildman–Crippen MR) is 76.8 cm³/mol. The molecule has 0 bridgehead atoms. The molecule has 3 heteroatoms. The molecule has 0 aliphatic carbocycles. The average molecular weight is 258 g/mol. The molecule has 94 valence electrons. The fraction of sp³-hybridized carbons (Fsp3) is 0.333. The minimum atomic E-state index is 0.271. The molecule has 1 aliphatic heterocycles. The molecule has 1 aromatic carbocycles. The standard InChI is InChI=1S/C15H18N2S/c16-14-11-17(9-12-5-2-1-3-6-12)10-13(14)15-7-4-8-18-15/h1-8,13-14H,9-11,16H2. The SMILES string of the molecule is NC1CN(Cc2ccccc2)CC1c1cccs1. The lowest BCUT2D eigenvalue weighted by molar-refractivity contribution is 0.324. The van der Waals surface area contributed by atoms with E-state index in [9.17, 15) is 0 Å². The van der Waals surface area contributed by atoms with E-state index in [1.54, 1.807) is 0 Å². The Morgan fingerprint density at radius 3 is 2.67 bits per heavy atom. The van der Waals surface area contributed by atoms with E-state index in [1.807, 2.05) is 11.3 Å². The molecule has 2 N–H and O–H groups in total. The molecule has 0 amide bonds.